The Morgan fingerprint density at radius 1 is 0.721 bits per heavy atom. The minimum atomic E-state index is -4.60. The van der Waals surface area contributed by atoms with Gasteiger partial charge in [-0.1, -0.05) is 103 Å². The highest BCUT2D eigenvalue weighted by Gasteiger charge is 2.21. The molecule has 0 fully saturated rings. The predicted octanol–water partition coefficient (Wildman–Crippen LogP) is 5.50. The molecule has 0 rings (SSSR count). The first-order valence-electron chi connectivity index (χ1n) is 16.9. The second kappa shape index (κ2) is 29.4. The molecule has 1 N–H and O–H groups in total. The Labute approximate surface area is 261 Å². The summed E-state index contributed by atoms with van der Waals surface area (Å²) in [5, 5.41) is 0. The molecule has 0 aliphatic heterocycles. The van der Waals surface area contributed by atoms with Crippen LogP contribution in [0.5, 0.6) is 0 Å². The van der Waals surface area contributed by atoms with Gasteiger partial charge in [0.05, 0.1) is 20.7 Å². The number of hydrogen-bond acceptors (Lipinski definition) is 9. The third-order valence-corrected chi connectivity index (χ3v) is 8.15. The van der Waals surface area contributed by atoms with E-state index in [0.717, 1.165) is 56.1 Å². The number of nitrogens with one attached hydrogen (secondary N) is 1. The summed E-state index contributed by atoms with van der Waals surface area (Å²) >= 11 is 0. The molecule has 254 valence electrons. The van der Waals surface area contributed by atoms with Crippen molar-refractivity contribution >= 4 is 26.0 Å². The van der Waals surface area contributed by atoms with Gasteiger partial charge < -0.3 is 33.1 Å². The number of carbonyl (C=O) groups excluding carboxylic acids is 3. The number of unbranched alkanes of at least 4 members (excludes halogenated alkanes) is 17. The second-order valence-electron chi connectivity index (χ2n) is 11.8. The summed E-state index contributed by atoms with van der Waals surface area (Å²) in [6.07, 6.45) is 20.7. The van der Waals surface area contributed by atoms with Crippen molar-refractivity contribution in [2.24, 2.45) is 0 Å². The van der Waals surface area contributed by atoms with Crippen LogP contribution in [0.15, 0.2) is 0 Å². The lowest BCUT2D eigenvalue weighted by atomic mass is 10.0. The third-order valence-electron chi connectivity index (χ3n) is 7.19. The lowest BCUT2D eigenvalue weighted by molar-refractivity contribution is -0.858. The Kier molecular flexibility index (Phi) is 28.5. The maximum atomic E-state index is 12.4. The van der Waals surface area contributed by atoms with Crippen molar-refractivity contribution < 1.29 is 47.3 Å². The fraction of sp³-hybridized carbons (Fsp3) is 0.906. The van der Waals surface area contributed by atoms with E-state index in [-0.39, 0.29) is 26.1 Å². The van der Waals surface area contributed by atoms with Gasteiger partial charge in [-0.05, 0) is 19.3 Å². The quantitative estimate of drug-likeness (QED) is 0.0440. The second-order valence-corrected chi connectivity index (χ2v) is 13.2. The van der Waals surface area contributed by atoms with Crippen molar-refractivity contribution in [3.8, 4) is 0 Å². The standard InChI is InChI=1S/C32H62NO9P/c1-4-5-6-7-8-9-10-11-12-13-14-17-20-23-31(35)39-28-30(29-41-43(37,38)40-27-25-33(2)3)42-32(36)24-21-18-15-16-19-22-26-34/h26,30H,4-25,27-29H2,1-3H3,(H,37,38)/t30-/m1/s1. The van der Waals surface area contributed by atoms with Crippen LogP contribution >= 0.6 is 7.82 Å². The van der Waals surface area contributed by atoms with Crippen molar-refractivity contribution in [2.75, 3.05) is 40.5 Å². The Morgan fingerprint density at radius 2 is 1.21 bits per heavy atom. The minimum absolute atomic E-state index is 0.0332. The van der Waals surface area contributed by atoms with E-state index in [1.165, 1.54) is 64.2 Å². The number of carbonyl (C=O) groups is 3. The molecule has 0 aromatic heterocycles. The lowest BCUT2D eigenvalue weighted by Crippen LogP contribution is -3.06. The minimum Gasteiger partial charge on any atom is -0.756 e. The molecule has 10 nitrogen and oxygen atoms in total. The molecule has 0 saturated carbocycles. The van der Waals surface area contributed by atoms with Crippen LogP contribution in [-0.4, -0.2) is 64.8 Å². The molecule has 0 aromatic rings. The molecule has 2 atom stereocenters. The van der Waals surface area contributed by atoms with Gasteiger partial charge in [0.15, 0.2) is 6.10 Å². The molecule has 0 aromatic carbocycles. The van der Waals surface area contributed by atoms with E-state index in [2.05, 4.69) is 6.92 Å². The van der Waals surface area contributed by atoms with Crippen molar-refractivity contribution in [1.82, 2.24) is 0 Å². The normalized spacial score (nSPS) is 13.5. The summed E-state index contributed by atoms with van der Waals surface area (Å²) in [6, 6.07) is 0. The highest BCUT2D eigenvalue weighted by Crippen LogP contribution is 2.38. The average Bonchev–Trinajstić information content (AvgIpc) is 2.96. The van der Waals surface area contributed by atoms with E-state index in [0.29, 0.717) is 19.4 Å². The summed E-state index contributed by atoms with van der Waals surface area (Å²) < 4.78 is 32.6. The smallest absolute Gasteiger partial charge is 0.306 e. The number of phosphoric ester groups is 1. The summed E-state index contributed by atoms with van der Waals surface area (Å²) in [5.74, 6) is -0.915. The average molecular weight is 636 g/mol. The van der Waals surface area contributed by atoms with E-state index in [4.69, 9.17) is 18.5 Å². The first-order valence-corrected chi connectivity index (χ1v) is 18.3. The van der Waals surface area contributed by atoms with E-state index in [9.17, 15) is 23.8 Å². The predicted molar refractivity (Wildman–Crippen MR) is 167 cm³/mol. The Morgan fingerprint density at radius 3 is 1.72 bits per heavy atom. The van der Waals surface area contributed by atoms with E-state index in [1.54, 1.807) is 0 Å². The van der Waals surface area contributed by atoms with Gasteiger partial charge in [-0.3, -0.25) is 14.2 Å². The van der Waals surface area contributed by atoms with Gasteiger partial charge in [0.2, 0.25) is 0 Å². The number of likely N-dealkylation sites (N-methyl/N-ethyl adjacent to an activating group) is 1. The van der Waals surface area contributed by atoms with Crippen LogP contribution in [0.3, 0.4) is 0 Å². The highest BCUT2D eigenvalue weighted by atomic mass is 31.2. The maximum Gasteiger partial charge on any atom is 0.306 e. The molecule has 0 spiro atoms. The van der Waals surface area contributed by atoms with Gasteiger partial charge >= 0.3 is 11.9 Å². The largest absolute Gasteiger partial charge is 0.756 e. The Hall–Kier alpha value is -1.32. The summed E-state index contributed by atoms with van der Waals surface area (Å²) in [7, 11) is -0.861. The SMILES string of the molecule is CCCCCCCCCCCCCCCC(=O)OC[C@H](COP(=O)([O-])OCC[NH+](C)C)OC(=O)CCCCCCCC=O. The van der Waals surface area contributed by atoms with Crippen LogP contribution < -0.4 is 9.79 Å². The first kappa shape index (κ1) is 41.7. The molecule has 0 radical (unpaired) electrons. The number of esters is 2. The molecular weight excluding hydrogens is 573 g/mol. The molecule has 43 heavy (non-hydrogen) atoms. The molecule has 0 heterocycles. The van der Waals surface area contributed by atoms with Crippen LogP contribution in [0.2, 0.25) is 0 Å². The fourth-order valence-corrected chi connectivity index (χ4v) is 5.25. The van der Waals surface area contributed by atoms with Crippen molar-refractivity contribution in [3.05, 3.63) is 0 Å². The van der Waals surface area contributed by atoms with Crippen LogP contribution in [0, 0.1) is 0 Å². The topological polar surface area (TPSA) is 133 Å². The summed E-state index contributed by atoms with van der Waals surface area (Å²) in [5.41, 5.74) is 0. The summed E-state index contributed by atoms with van der Waals surface area (Å²) in [6.45, 7) is 1.91. The molecule has 0 aliphatic rings. The van der Waals surface area contributed by atoms with E-state index < -0.39 is 32.5 Å². The zero-order valence-electron chi connectivity index (χ0n) is 27.5. The number of aldehydes is 1. The van der Waals surface area contributed by atoms with Crippen LogP contribution in [0.25, 0.3) is 0 Å². The monoisotopic (exact) mass is 635 g/mol. The van der Waals surface area contributed by atoms with Gasteiger partial charge in [-0.25, -0.2) is 0 Å². The Balaban J connectivity index is 4.33. The van der Waals surface area contributed by atoms with Crippen molar-refractivity contribution in [3.63, 3.8) is 0 Å². The number of quaternary nitrogens is 1. The molecule has 0 bridgehead atoms. The van der Waals surface area contributed by atoms with Gasteiger partial charge in [0.1, 0.15) is 26.0 Å². The number of phosphoric acid groups is 1. The lowest BCUT2D eigenvalue weighted by Gasteiger charge is -2.25. The zero-order chi connectivity index (χ0) is 32.0. The van der Waals surface area contributed by atoms with Crippen LogP contribution in [-0.2, 0) is 37.5 Å². The van der Waals surface area contributed by atoms with Gasteiger partial charge in [0.25, 0.3) is 7.82 Å². The van der Waals surface area contributed by atoms with Gasteiger partial charge in [0, 0.05) is 19.3 Å². The fourth-order valence-electron chi connectivity index (χ4n) is 4.51. The molecular formula is C32H62NO9P. The highest BCUT2D eigenvalue weighted by molar-refractivity contribution is 7.45. The van der Waals surface area contributed by atoms with Gasteiger partial charge in [-0.15, -0.1) is 0 Å². The molecule has 0 aliphatic carbocycles. The number of hydrogen-bond donors (Lipinski definition) is 1. The number of rotatable bonds is 32. The molecule has 0 saturated heterocycles. The summed E-state index contributed by atoms with van der Waals surface area (Å²) in [4.78, 5) is 48.2. The van der Waals surface area contributed by atoms with Crippen LogP contribution in [0.4, 0.5) is 0 Å². The molecule has 0 amide bonds. The molecule has 1 unspecified atom stereocenters. The van der Waals surface area contributed by atoms with Crippen molar-refractivity contribution in [1.29, 1.82) is 0 Å². The zero-order valence-corrected chi connectivity index (χ0v) is 28.3. The maximum absolute atomic E-state index is 12.4. The van der Waals surface area contributed by atoms with Crippen LogP contribution in [0.1, 0.15) is 142 Å². The Bertz CT molecular complexity index is 736. The van der Waals surface area contributed by atoms with E-state index >= 15 is 0 Å². The van der Waals surface area contributed by atoms with Crippen molar-refractivity contribution in [2.45, 2.75) is 148 Å². The first-order chi connectivity index (χ1) is 20.7. The third kappa shape index (κ3) is 30.5. The van der Waals surface area contributed by atoms with Gasteiger partial charge in [-0.2, -0.15) is 0 Å². The molecule has 11 heteroatoms. The van der Waals surface area contributed by atoms with E-state index in [1.807, 2.05) is 14.1 Å². The number of ether oxygens (including phenoxy) is 2.